The minimum Gasteiger partial charge on any atom is -0.397 e. The number of nitrogen functional groups attached to an aromatic ring is 1. The molecule has 0 bridgehead atoms. The molecular formula is C12H17N3O. The average molecular weight is 219 g/mol. The van der Waals surface area contributed by atoms with Gasteiger partial charge in [0.1, 0.15) is 0 Å². The van der Waals surface area contributed by atoms with Gasteiger partial charge < -0.3 is 11.1 Å². The maximum Gasteiger partial charge on any atom is 0.216 e. The van der Waals surface area contributed by atoms with Gasteiger partial charge in [0.2, 0.25) is 5.91 Å². The van der Waals surface area contributed by atoms with Crippen LogP contribution in [-0.2, 0) is 4.79 Å². The third-order valence-electron chi connectivity index (χ3n) is 2.10. The van der Waals surface area contributed by atoms with Crippen LogP contribution in [0.5, 0.6) is 0 Å². The Morgan fingerprint density at radius 1 is 1.62 bits per heavy atom. The Morgan fingerprint density at radius 2 is 2.38 bits per heavy atom. The van der Waals surface area contributed by atoms with Crippen molar-refractivity contribution >= 4 is 17.7 Å². The molecular weight excluding hydrogens is 202 g/mol. The summed E-state index contributed by atoms with van der Waals surface area (Å²) in [6.07, 6.45) is 6.36. The van der Waals surface area contributed by atoms with Gasteiger partial charge in [-0.2, -0.15) is 0 Å². The van der Waals surface area contributed by atoms with Crippen molar-refractivity contribution in [1.29, 1.82) is 0 Å². The molecule has 1 aromatic heterocycles. The lowest BCUT2D eigenvalue weighted by molar-refractivity contribution is -0.118. The summed E-state index contributed by atoms with van der Waals surface area (Å²) in [7, 11) is 0. The molecule has 4 nitrogen and oxygen atoms in total. The number of nitrogens with two attached hydrogens (primary N) is 1. The Morgan fingerprint density at radius 3 is 3.00 bits per heavy atom. The van der Waals surface area contributed by atoms with Crippen LogP contribution in [0.15, 0.2) is 18.3 Å². The second-order valence-electron chi connectivity index (χ2n) is 3.64. The number of carbonyl (C=O) groups excluding carboxylic acids is 1. The Bertz CT molecular complexity index is 399. The van der Waals surface area contributed by atoms with Crippen molar-refractivity contribution in [3.05, 3.63) is 29.6 Å². The first kappa shape index (κ1) is 12.2. The molecule has 1 heterocycles. The number of carbonyl (C=O) groups is 1. The zero-order valence-corrected chi connectivity index (χ0v) is 9.66. The van der Waals surface area contributed by atoms with Gasteiger partial charge in [-0.25, -0.2) is 0 Å². The van der Waals surface area contributed by atoms with Crippen molar-refractivity contribution in [2.45, 2.75) is 20.3 Å². The number of hydrogen-bond donors (Lipinski definition) is 2. The second-order valence-corrected chi connectivity index (χ2v) is 3.64. The largest absolute Gasteiger partial charge is 0.397 e. The first-order valence-corrected chi connectivity index (χ1v) is 5.22. The summed E-state index contributed by atoms with van der Waals surface area (Å²) in [5.74, 6) is -0.00445. The number of hydrogen-bond acceptors (Lipinski definition) is 3. The summed E-state index contributed by atoms with van der Waals surface area (Å²) >= 11 is 0. The van der Waals surface area contributed by atoms with Crippen LogP contribution >= 0.6 is 0 Å². The van der Waals surface area contributed by atoms with E-state index in [0.29, 0.717) is 12.2 Å². The molecule has 0 saturated heterocycles. The number of amides is 1. The minimum absolute atomic E-state index is 0.00445. The molecule has 0 saturated carbocycles. The normalized spacial score (nSPS) is 10.6. The number of nitrogens with one attached hydrogen (secondary N) is 1. The predicted octanol–water partition coefficient (Wildman–Crippen LogP) is 1.51. The van der Waals surface area contributed by atoms with E-state index in [4.69, 9.17) is 5.73 Å². The van der Waals surface area contributed by atoms with E-state index in [2.05, 4.69) is 10.3 Å². The SMILES string of the molecule is CC(=O)NCCC=Cc1ncc(N)cc1C. The Kier molecular flexibility index (Phi) is 4.51. The molecule has 0 fully saturated rings. The molecule has 1 aromatic rings. The van der Waals surface area contributed by atoms with Crippen molar-refractivity contribution in [3.8, 4) is 0 Å². The lowest BCUT2D eigenvalue weighted by atomic mass is 10.2. The van der Waals surface area contributed by atoms with E-state index in [1.807, 2.05) is 25.1 Å². The summed E-state index contributed by atoms with van der Waals surface area (Å²) in [5.41, 5.74) is 8.24. The van der Waals surface area contributed by atoms with E-state index >= 15 is 0 Å². The third kappa shape index (κ3) is 4.13. The number of nitrogens with zero attached hydrogens (tertiary/aromatic N) is 1. The molecule has 3 N–H and O–H groups in total. The van der Waals surface area contributed by atoms with E-state index in [1.165, 1.54) is 6.92 Å². The maximum absolute atomic E-state index is 10.6. The van der Waals surface area contributed by atoms with Gasteiger partial charge in [-0.05, 0) is 31.1 Å². The fraction of sp³-hybridized carbons (Fsp3) is 0.333. The van der Waals surface area contributed by atoms with Gasteiger partial charge in [-0.1, -0.05) is 6.08 Å². The fourth-order valence-corrected chi connectivity index (χ4v) is 1.31. The van der Waals surface area contributed by atoms with Crippen LogP contribution in [0, 0.1) is 6.92 Å². The average Bonchev–Trinajstić information content (AvgIpc) is 2.20. The molecule has 0 spiro atoms. The van der Waals surface area contributed by atoms with Crippen LogP contribution in [0.3, 0.4) is 0 Å². The molecule has 0 aliphatic heterocycles. The van der Waals surface area contributed by atoms with Gasteiger partial charge in [0.15, 0.2) is 0 Å². The molecule has 0 radical (unpaired) electrons. The molecule has 0 unspecified atom stereocenters. The van der Waals surface area contributed by atoms with Gasteiger partial charge >= 0.3 is 0 Å². The number of anilines is 1. The zero-order chi connectivity index (χ0) is 12.0. The molecule has 0 aliphatic rings. The van der Waals surface area contributed by atoms with E-state index in [1.54, 1.807) is 6.20 Å². The third-order valence-corrected chi connectivity index (χ3v) is 2.10. The van der Waals surface area contributed by atoms with Crippen molar-refractivity contribution in [3.63, 3.8) is 0 Å². The lowest BCUT2D eigenvalue weighted by Crippen LogP contribution is -2.20. The van der Waals surface area contributed by atoms with Gasteiger partial charge in [-0.3, -0.25) is 9.78 Å². The van der Waals surface area contributed by atoms with Gasteiger partial charge in [0.05, 0.1) is 17.6 Å². The van der Waals surface area contributed by atoms with Crippen LogP contribution in [0.25, 0.3) is 6.08 Å². The first-order valence-electron chi connectivity index (χ1n) is 5.22. The minimum atomic E-state index is -0.00445. The predicted molar refractivity (Wildman–Crippen MR) is 65.7 cm³/mol. The summed E-state index contributed by atoms with van der Waals surface area (Å²) in [6.45, 7) is 4.13. The summed E-state index contributed by atoms with van der Waals surface area (Å²) in [6, 6.07) is 1.89. The lowest BCUT2D eigenvalue weighted by Gasteiger charge is -2.00. The van der Waals surface area contributed by atoms with Crippen molar-refractivity contribution in [1.82, 2.24) is 10.3 Å². The number of aromatic nitrogens is 1. The van der Waals surface area contributed by atoms with Crippen LogP contribution < -0.4 is 11.1 Å². The quantitative estimate of drug-likeness (QED) is 0.754. The highest BCUT2D eigenvalue weighted by molar-refractivity contribution is 5.72. The van der Waals surface area contributed by atoms with E-state index in [0.717, 1.165) is 17.7 Å². The van der Waals surface area contributed by atoms with Crippen LogP contribution in [-0.4, -0.2) is 17.4 Å². The zero-order valence-electron chi connectivity index (χ0n) is 9.66. The Balaban J connectivity index is 2.47. The van der Waals surface area contributed by atoms with Crippen LogP contribution in [0.1, 0.15) is 24.6 Å². The van der Waals surface area contributed by atoms with Gasteiger partial charge in [-0.15, -0.1) is 0 Å². The molecule has 16 heavy (non-hydrogen) atoms. The van der Waals surface area contributed by atoms with E-state index in [-0.39, 0.29) is 5.91 Å². The highest BCUT2D eigenvalue weighted by Gasteiger charge is 1.95. The van der Waals surface area contributed by atoms with Gasteiger partial charge in [0, 0.05) is 13.5 Å². The summed E-state index contributed by atoms with van der Waals surface area (Å²) in [4.78, 5) is 14.8. The van der Waals surface area contributed by atoms with E-state index < -0.39 is 0 Å². The highest BCUT2D eigenvalue weighted by atomic mass is 16.1. The van der Waals surface area contributed by atoms with Crippen molar-refractivity contribution in [2.75, 3.05) is 12.3 Å². The second kappa shape index (κ2) is 5.90. The Hall–Kier alpha value is -1.84. The highest BCUT2D eigenvalue weighted by Crippen LogP contribution is 2.10. The summed E-state index contributed by atoms with van der Waals surface area (Å²) in [5, 5.41) is 2.72. The van der Waals surface area contributed by atoms with Crippen molar-refractivity contribution in [2.24, 2.45) is 0 Å². The fourth-order valence-electron chi connectivity index (χ4n) is 1.31. The monoisotopic (exact) mass is 219 g/mol. The molecule has 4 heteroatoms. The molecule has 86 valence electrons. The van der Waals surface area contributed by atoms with Crippen molar-refractivity contribution < 1.29 is 4.79 Å². The van der Waals surface area contributed by atoms with E-state index in [9.17, 15) is 4.79 Å². The number of aryl methyl sites for hydroxylation is 1. The standard InChI is InChI=1S/C12H17N3O/c1-9-7-11(13)8-15-12(9)5-3-4-6-14-10(2)16/h3,5,7-8H,4,6,13H2,1-2H3,(H,14,16). The topological polar surface area (TPSA) is 68.0 Å². The molecule has 1 amide bonds. The molecule has 0 atom stereocenters. The van der Waals surface area contributed by atoms with Crippen LogP contribution in [0.4, 0.5) is 5.69 Å². The van der Waals surface area contributed by atoms with Gasteiger partial charge in [0.25, 0.3) is 0 Å². The first-order chi connectivity index (χ1) is 7.59. The molecule has 1 rings (SSSR count). The maximum atomic E-state index is 10.6. The number of rotatable bonds is 4. The summed E-state index contributed by atoms with van der Waals surface area (Å²) < 4.78 is 0. The Labute approximate surface area is 95.6 Å². The smallest absolute Gasteiger partial charge is 0.216 e. The molecule has 0 aromatic carbocycles. The number of pyridine rings is 1. The van der Waals surface area contributed by atoms with Crippen LogP contribution in [0.2, 0.25) is 0 Å². The molecule has 0 aliphatic carbocycles.